The van der Waals surface area contributed by atoms with Crippen LogP contribution in [-0.4, -0.2) is 6.26 Å². The van der Waals surface area contributed by atoms with Gasteiger partial charge in [0.1, 0.15) is 0 Å². The molecule has 0 amide bonds. The number of benzene rings is 4. The van der Waals surface area contributed by atoms with Crippen molar-refractivity contribution >= 4 is 45.5 Å². The van der Waals surface area contributed by atoms with E-state index in [0.717, 1.165) is 0 Å². The van der Waals surface area contributed by atoms with Gasteiger partial charge in [0.25, 0.3) is 0 Å². The Labute approximate surface area is 255 Å². The van der Waals surface area contributed by atoms with Gasteiger partial charge in [0.05, 0.1) is 0 Å². The normalized spacial score (nSPS) is 11.8. The first-order chi connectivity index (χ1) is 20.1. The zero-order chi connectivity index (χ0) is 28.9. The van der Waals surface area contributed by atoms with E-state index in [9.17, 15) is 0 Å². The zero-order valence-electron chi connectivity index (χ0n) is 26.2. The average Bonchev–Trinajstić information content (AvgIpc) is 2.99. The van der Waals surface area contributed by atoms with Crippen molar-refractivity contribution in [3.8, 4) is 0 Å². The summed E-state index contributed by atoms with van der Waals surface area (Å²) in [5.41, 5.74) is 6.92. The smallest absolute Gasteiger partial charge is 0.0148 e. The van der Waals surface area contributed by atoms with Crippen LogP contribution in [0.3, 0.4) is 0 Å². The van der Waals surface area contributed by atoms with Crippen molar-refractivity contribution in [2.24, 2.45) is 0 Å². The Morgan fingerprint density at radius 1 is 0.512 bits per heavy atom. The van der Waals surface area contributed by atoms with E-state index in [1.54, 1.807) is 0 Å². The molecule has 0 spiro atoms. The van der Waals surface area contributed by atoms with E-state index < -0.39 is 0 Å². The summed E-state index contributed by atoms with van der Waals surface area (Å²) in [6.45, 7) is 6.82. The van der Waals surface area contributed by atoms with E-state index in [4.69, 9.17) is 0 Å². The summed E-state index contributed by atoms with van der Waals surface area (Å²) in [6, 6.07) is 23.7. The highest BCUT2D eigenvalue weighted by atomic mass is 32.2. The second-order valence-corrected chi connectivity index (χ2v) is 12.9. The predicted molar refractivity (Wildman–Crippen MR) is 188 cm³/mol. The largest absolute Gasteiger partial charge is 0.129 e. The van der Waals surface area contributed by atoms with Crippen molar-refractivity contribution in [2.45, 2.75) is 116 Å². The molecule has 0 N–H and O–H groups in total. The average molecular weight is 565 g/mol. The van der Waals surface area contributed by atoms with Gasteiger partial charge in [-0.05, 0) is 106 Å². The van der Waals surface area contributed by atoms with E-state index in [0.29, 0.717) is 0 Å². The van der Waals surface area contributed by atoms with Crippen molar-refractivity contribution in [1.82, 2.24) is 0 Å². The molecule has 4 rings (SSSR count). The number of thioether (sulfide) groups is 1. The molecule has 0 unspecified atom stereocenters. The molecule has 41 heavy (non-hydrogen) atoms. The van der Waals surface area contributed by atoms with E-state index in [1.165, 1.54) is 144 Å². The first kappa shape index (κ1) is 31.4. The predicted octanol–water partition coefficient (Wildman–Crippen LogP) is 13.0. The molecule has 0 nitrogen and oxygen atoms in total. The molecule has 0 bridgehead atoms. The highest BCUT2D eigenvalue weighted by molar-refractivity contribution is 7.98. The van der Waals surface area contributed by atoms with Gasteiger partial charge in [-0.25, -0.2) is 0 Å². The molecule has 0 atom stereocenters. The van der Waals surface area contributed by atoms with Gasteiger partial charge < -0.3 is 0 Å². The lowest BCUT2D eigenvalue weighted by atomic mass is 9.97. The first-order valence-corrected chi connectivity index (χ1v) is 17.7. The summed E-state index contributed by atoms with van der Waals surface area (Å²) in [5.74, 6) is 0. The lowest BCUT2D eigenvalue weighted by molar-refractivity contribution is 0.607. The van der Waals surface area contributed by atoms with Crippen LogP contribution in [0.15, 0.2) is 65.6 Å². The maximum absolute atomic E-state index is 2.42. The van der Waals surface area contributed by atoms with Gasteiger partial charge in [0, 0.05) is 4.90 Å². The van der Waals surface area contributed by atoms with Gasteiger partial charge in [-0.15, -0.1) is 11.8 Å². The van der Waals surface area contributed by atoms with Crippen LogP contribution < -0.4 is 0 Å². The number of fused-ring (bicyclic) bond motifs is 2. The van der Waals surface area contributed by atoms with Gasteiger partial charge in [-0.3, -0.25) is 0 Å². The van der Waals surface area contributed by atoms with Crippen LogP contribution in [0, 0.1) is 6.92 Å². The molecule has 1 heteroatoms. The van der Waals surface area contributed by atoms with Gasteiger partial charge >= 0.3 is 0 Å². The fourth-order valence-electron chi connectivity index (χ4n) is 6.02. The van der Waals surface area contributed by atoms with Crippen molar-refractivity contribution in [3.63, 3.8) is 0 Å². The maximum Gasteiger partial charge on any atom is 0.0148 e. The van der Waals surface area contributed by atoms with Crippen molar-refractivity contribution < 1.29 is 0 Å². The lowest BCUT2D eigenvalue weighted by Gasteiger charge is -2.10. The molecule has 0 saturated carbocycles. The van der Waals surface area contributed by atoms with Crippen LogP contribution in [-0.2, 0) is 12.8 Å². The van der Waals surface area contributed by atoms with E-state index in [-0.39, 0.29) is 0 Å². The number of hydrogen-bond acceptors (Lipinski definition) is 1. The standard InChI is InChI=1S/C40H52S/c1-5-7-9-11-13-15-17-32-19-21-35-28-34(31(3)25-38(35)26-32)23-24-37-29-36-22-20-33(18-16-14-12-10-8-6-2)27-39(36)30-40(37)41-4/h19-30H,5-18H2,1-4H3/b24-23+. The molecule has 4 aromatic rings. The van der Waals surface area contributed by atoms with E-state index in [1.807, 2.05) is 11.8 Å². The molecule has 0 aromatic heterocycles. The van der Waals surface area contributed by atoms with E-state index in [2.05, 4.69) is 99.8 Å². The van der Waals surface area contributed by atoms with Crippen LogP contribution in [0.25, 0.3) is 33.7 Å². The Hall–Kier alpha value is -2.51. The third-order valence-corrected chi connectivity index (χ3v) is 9.42. The SMILES string of the molecule is CCCCCCCCc1ccc2cc(/C=C/c3cc4ccc(CCCCCCCC)cc4cc3SC)c(C)cc2c1. The minimum Gasteiger partial charge on any atom is -0.129 e. The Kier molecular flexibility index (Phi) is 12.9. The minimum absolute atomic E-state index is 1.19. The van der Waals surface area contributed by atoms with Crippen molar-refractivity contribution in [3.05, 3.63) is 88.5 Å². The summed E-state index contributed by atoms with van der Waals surface area (Å²) in [7, 11) is 0. The molecule has 0 heterocycles. The summed E-state index contributed by atoms with van der Waals surface area (Å²) >= 11 is 1.85. The molecule has 0 saturated heterocycles. The summed E-state index contributed by atoms with van der Waals surface area (Å²) in [5, 5.41) is 5.41. The molecule has 0 aliphatic rings. The molecular formula is C40H52S. The maximum atomic E-state index is 2.42. The molecule has 0 radical (unpaired) electrons. The quantitative estimate of drug-likeness (QED) is 0.0698. The lowest BCUT2D eigenvalue weighted by Crippen LogP contribution is -1.89. The van der Waals surface area contributed by atoms with Crippen LogP contribution in [0.5, 0.6) is 0 Å². The summed E-state index contributed by atoms with van der Waals surface area (Å²) in [6.07, 6.45) is 25.5. The van der Waals surface area contributed by atoms with Gasteiger partial charge in [-0.1, -0.05) is 133 Å². The van der Waals surface area contributed by atoms with Crippen molar-refractivity contribution in [2.75, 3.05) is 6.26 Å². The summed E-state index contributed by atoms with van der Waals surface area (Å²) in [4.78, 5) is 1.35. The fraction of sp³-hybridized carbons (Fsp3) is 0.450. The summed E-state index contributed by atoms with van der Waals surface area (Å²) < 4.78 is 0. The van der Waals surface area contributed by atoms with Crippen LogP contribution >= 0.6 is 11.8 Å². The third kappa shape index (κ3) is 9.50. The topological polar surface area (TPSA) is 0 Å². The Morgan fingerprint density at radius 2 is 1.00 bits per heavy atom. The Bertz CT molecular complexity index is 1410. The van der Waals surface area contributed by atoms with Crippen LogP contribution in [0.2, 0.25) is 0 Å². The molecule has 4 aromatic carbocycles. The number of aryl methyl sites for hydroxylation is 3. The highest BCUT2D eigenvalue weighted by Gasteiger charge is 2.06. The minimum atomic E-state index is 1.19. The van der Waals surface area contributed by atoms with E-state index >= 15 is 0 Å². The molecule has 0 aliphatic heterocycles. The molecule has 218 valence electrons. The van der Waals surface area contributed by atoms with Crippen molar-refractivity contribution in [1.29, 1.82) is 0 Å². The van der Waals surface area contributed by atoms with Crippen LogP contribution in [0.1, 0.15) is 119 Å². The van der Waals surface area contributed by atoms with Gasteiger partial charge in [0.2, 0.25) is 0 Å². The number of unbranched alkanes of at least 4 members (excludes halogenated alkanes) is 10. The fourth-order valence-corrected chi connectivity index (χ4v) is 6.63. The van der Waals surface area contributed by atoms with Crippen LogP contribution in [0.4, 0.5) is 0 Å². The van der Waals surface area contributed by atoms with Gasteiger partial charge in [-0.2, -0.15) is 0 Å². The third-order valence-electron chi connectivity index (χ3n) is 8.62. The molecule has 0 fully saturated rings. The monoisotopic (exact) mass is 564 g/mol. The molecule has 0 aliphatic carbocycles. The Morgan fingerprint density at radius 3 is 1.56 bits per heavy atom. The van der Waals surface area contributed by atoms with Gasteiger partial charge in [0.15, 0.2) is 0 Å². The zero-order valence-corrected chi connectivity index (χ0v) is 27.1. The number of rotatable bonds is 17. The second kappa shape index (κ2) is 16.8. The first-order valence-electron chi connectivity index (χ1n) is 16.4. The second-order valence-electron chi connectivity index (χ2n) is 12.0. The number of hydrogen-bond donors (Lipinski definition) is 0. The highest BCUT2D eigenvalue weighted by Crippen LogP contribution is 2.30. The molecular weight excluding hydrogens is 513 g/mol. The Balaban J connectivity index is 1.43.